The molecule has 2 aromatic carbocycles. The standard InChI is InChI=1S/C16H18N2O2.C9H11N3OS.C4H6S/c1-9-12(10-4-3-5-10)7-6-11-8-13(15(19)17-2)16(20)18-14(9)11;1-14-9(11)7-4-6(12-5-13)2-3-8(7)10;1-2-4-5-3-1/h6-8,10H,3-5H2,1-2H3,(H,17,19)(H,18,20);2-5,11H,10H2,1H3,(H,12,13);1,3H,2,4H2. The van der Waals surface area contributed by atoms with E-state index in [0.717, 1.165) is 16.5 Å². The number of rotatable bonds is 5. The van der Waals surface area contributed by atoms with Gasteiger partial charge in [-0.25, -0.2) is 0 Å². The number of hydrogen-bond acceptors (Lipinski definition) is 7. The van der Waals surface area contributed by atoms with E-state index in [4.69, 9.17) is 11.1 Å². The highest BCUT2D eigenvalue weighted by Gasteiger charge is 2.22. The second kappa shape index (κ2) is 14.6. The van der Waals surface area contributed by atoms with Gasteiger partial charge in [-0.05, 0) is 84.5 Å². The molecule has 1 aromatic heterocycles. The molecular weight excluding hydrogens is 530 g/mol. The van der Waals surface area contributed by atoms with Crippen LogP contribution < -0.4 is 21.9 Å². The minimum absolute atomic E-state index is 0.163. The third-order valence-corrected chi connectivity index (χ3v) is 8.15. The number of aryl methyl sites for hydroxylation is 1. The first-order valence-electron chi connectivity index (χ1n) is 12.7. The van der Waals surface area contributed by atoms with Crippen LogP contribution >= 0.6 is 23.5 Å². The normalized spacial score (nSPS) is 13.8. The largest absolute Gasteiger partial charge is 0.398 e. The first-order chi connectivity index (χ1) is 18.8. The molecule has 0 bridgehead atoms. The lowest BCUT2D eigenvalue weighted by Crippen LogP contribution is -2.26. The van der Waals surface area contributed by atoms with Crippen molar-refractivity contribution < 1.29 is 9.59 Å². The second-order valence-electron chi connectivity index (χ2n) is 9.09. The number of amides is 2. The van der Waals surface area contributed by atoms with E-state index in [0.29, 0.717) is 34.3 Å². The number of carbonyl (C=O) groups is 2. The fraction of sp³-hybridized carbons (Fsp3) is 0.310. The van der Waals surface area contributed by atoms with Crippen molar-refractivity contribution in [3.8, 4) is 0 Å². The van der Waals surface area contributed by atoms with Gasteiger partial charge in [-0.2, -0.15) is 0 Å². The maximum atomic E-state index is 12.0. The van der Waals surface area contributed by atoms with Gasteiger partial charge in [-0.3, -0.25) is 19.8 Å². The monoisotopic (exact) mass is 565 g/mol. The Labute approximate surface area is 237 Å². The van der Waals surface area contributed by atoms with Crippen molar-refractivity contribution in [3.05, 3.63) is 80.5 Å². The third kappa shape index (κ3) is 7.77. The molecule has 1 aliphatic carbocycles. The zero-order chi connectivity index (χ0) is 28.4. The van der Waals surface area contributed by atoms with Crippen LogP contribution in [0.4, 0.5) is 11.4 Å². The van der Waals surface area contributed by atoms with Gasteiger partial charge in [0.25, 0.3) is 11.5 Å². The molecule has 0 atom stereocenters. The van der Waals surface area contributed by atoms with Gasteiger partial charge in [0, 0.05) is 29.7 Å². The van der Waals surface area contributed by atoms with Crippen LogP contribution in [0.1, 0.15) is 58.6 Å². The summed E-state index contributed by atoms with van der Waals surface area (Å²) in [5, 5.41) is 16.1. The van der Waals surface area contributed by atoms with Crippen molar-refractivity contribution in [1.29, 1.82) is 5.41 Å². The van der Waals surface area contributed by atoms with Gasteiger partial charge in [0.15, 0.2) is 0 Å². The molecule has 39 heavy (non-hydrogen) atoms. The lowest BCUT2D eigenvalue weighted by Gasteiger charge is -2.27. The van der Waals surface area contributed by atoms with Gasteiger partial charge in [0.2, 0.25) is 6.41 Å². The molecule has 0 saturated heterocycles. The van der Waals surface area contributed by atoms with Crippen molar-refractivity contribution in [2.75, 3.05) is 30.1 Å². The Morgan fingerprint density at radius 1 is 1.21 bits per heavy atom. The number of nitrogens with two attached hydrogens (primary N) is 1. The zero-order valence-electron chi connectivity index (χ0n) is 22.4. The van der Waals surface area contributed by atoms with E-state index < -0.39 is 0 Å². The van der Waals surface area contributed by atoms with E-state index in [1.54, 1.807) is 24.3 Å². The summed E-state index contributed by atoms with van der Waals surface area (Å²) in [6.45, 7) is 2.05. The van der Waals surface area contributed by atoms with Gasteiger partial charge >= 0.3 is 0 Å². The van der Waals surface area contributed by atoms with Crippen LogP contribution in [0.5, 0.6) is 0 Å². The van der Waals surface area contributed by atoms with E-state index in [1.165, 1.54) is 55.8 Å². The number of nitrogen functional groups attached to an aromatic ring is 1. The average molecular weight is 566 g/mol. The number of nitrogens with one attached hydrogen (secondary N) is 4. The molecule has 0 radical (unpaired) electrons. The summed E-state index contributed by atoms with van der Waals surface area (Å²) in [5.41, 5.74) is 10.7. The SMILES string of the molecule is C1=CSCC1.CNC(=O)c1cc2ccc(C3CCC3)c(C)c2[nH]c1=O.CSC(=N)c1cc(NC=O)ccc1N. The number of allylic oxidation sites excluding steroid dienone is 1. The molecule has 5 rings (SSSR count). The topological polar surface area (TPSA) is 141 Å². The van der Waals surface area contributed by atoms with E-state index >= 15 is 0 Å². The number of pyridine rings is 1. The number of carbonyl (C=O) groups excluding carboxylic acids is 2. The zero-order valence-corrected chi connectivity index (χ0v) is 24.1. The highest BCUT2D eigenvalue weighted by atomic mass is 32.2. The summed E-state index contributed by atoms with van der Waals surface area (Å²) in [6, 6.07) is 10.9. The number of benzene rings is 2. The summed E-state index contributed by atoms with van der Waals surface area (Å²) in [7, 11) is 1.52. The number of anilines is 2. The highest BCUT2D eigenvalue weighted by Crippen LogP contribution is 2.39. The van der Waals surface area contributed by atoms with Crippen LogP contribution in [0.15, 0.2) is 52.7 Å². The number of aromatic amines is 1. The van der Waals surface area contributed by atoms with E-state index in [2.05, 4.69) is 33.2 Å². The molecule has 0 spiro atoms. The molecule has 2 amide bonds. The van der Waals surface area contributed by atoms with Crippen molar-refractivity contribution >= 4 is 63.2 Å². The van der Waals surface area contributed by atoms with Gasteiger partial charge in [0.05, 0.1) is 10.6 Å². The molecule has 10 heteroatoms. The lowest BCUT2D eigenvalue weighted by atomic mass is 9.78. The maximum Gasteiger partial charge on any atom is 0.261 e. The summed E-state index contributed by atoms with van der Waals surface area (Å²) in [4.78, 5) is 36.8. The number of thioether (sulfide) groups is 2. The van der Waals surface area contributed by atoms with E-state index in [1.807, 2.05) is 31.0 Å². The Morgan fingerprint density at radius 3 is 2.51 bits per heavy atom. The minimum Gasteiger partial charge on any atom is -0.398 e. The average Bonchev–Trinajstić information content (AvgIpc) is 3.50. The third-order valence-electron chi connectivity index (χ3n) is 6.66. The Kier molecular flexibility index (Phi) is 11.2. The molecular formula is C29H35N5O3S2. The van der Waals surface area contributed by atoms with Crippen LogP contribution in [0, 0.1) is 12.3 Å². The smallest absolute Gasteiger partial charge is 0.261 e. The van der Waals surface area contributed by atoms with E-state index in [-0.39, 0.29) is 17.0 Å². The summed E-state index contributed by atoms with van der Waals surface area (Å²) in [6.07, 6.45) is 9.63. The van der Waals surface area contributed by atoms with Gasteiger partial charge < -0.3 is 21.4 Å². The maximum absolute atomic E-state index is 12.0. The number of aromatic nitrogens is 1. The summed E-state index contributed by atoms with van der Waals surface area (Å²) < 4.78 is 0. The van der Waals surface area contributed by atoms with Gasteiger partial charge in [0.1, 0.15) is 5.56 Å². The van der Waals surface area contributed by atoms with Gasteiger partial charge in [-0.15, -0.1) is 23.5 Å². The van der Waals surface area contributed by atoms with Crippen LogP contribution in [0.2, 0.25) is 0 Å². The van der Waals surface area contributed by atoms with E-state index in [9.17, 15) is 14.4 Å². The van der Waals surface area contributed by atoms with Crippen molar-refractivity contribution in [3.63, 3.8) is 0 Å². The highest BCUT2D eigenvalue weighted by molar-refractivity contribution is 8.13. The Balaban J connectivity index is 0.000000191. The van der Waals surface area contributed by atoms with Crippen molar-refractivity contribution in [1.82, 2.24) is 10.3 Å². The number of fused-ring (bicyclic) bond motifs is 1. The number of H-pyrrole nitrogens is 1. The fourth-order valence-corrected chi connectivity index (χ4v) is 5.34. The minimum atomic E-state index is -0.353. The molecule has 1 aliphatic heterocycles. The second-order valence-corrected chi connectivity index (χ2v) is 10.9. The number of hydrogen-bond donors (Lipinski definition) is 5. The molecule has 206 valence electrons. The lowest BCUT2D eigenvalue weighted by molar-refractivity contribution is -0.105. The molecule has 1 saturated carbocycles. The first kappa shape index (κ1) is 30.0. The molecule has 8 nitrogen and oxygen atoms in total. The van der Waals surface area contributed by atoms with Crippen molar-refractivity contribution in [2.45, 2.75) is 38.5 Å². The molecule has 1 fully saturated rings. The molecule has 6 N–H and O–H groups in total. The van der Waals surface area contributed by atoms with Crippen LogP contribution in [0.25, 0.3) is 10.9 Å². The first-order valence-corrected chi connectivity index (χ1v) is 15.0. The predicted octanol–water partition coefficient (Wildman–Crippen LogP) is 5.63. The summed E-state index contributed by atoms with van der Waals surface area (Å²) in [5.74, 6) is 1.58. The Morgan fingerprint density at radius 2 is 1.97 bits per heavy atom. The molecule has 0 unspecified atom stereocenters. The Bertz CT molecular complexity index is 1420. The van der Waals surface area contributed by atoms with Crippen LogP contribution in [-0.4, -0.2) is 41.4 Å². The van der Waals surface area contributed by atoms with Crippen molar-refractivity contribution in [2.24, 2.45) is 0 Å². The Hall–Kier alpha value is -3.50. The molecule has 2 aliphatic rings. The predicted molar refractivity (Wildman–Crippen MR) is 166 cm³/mol. The summed E-state index contributed by atoms with van der Waals surface area (Å²) >= 11 is 3.20. The van der Waals surface area contributed by atoms with Crippen LogP contribution in [-0.2, 0) is 4.79 Å². The quantitative estimate of drug-likeness (QED) is 0.118. The molecule has 3 aromatic rings. The molecule has 2 heterocycles. The van der Waals surface area contributed by atoms with Gasteiger partial charge in [-0.1, -0.05) is 24.6 Å². The van der Waals surface area contributed by atoms with Crippen LogP contribution in [0.3, 0.4) is 0 Å². The fourth-order valence-electron chi connectivity index (χ4n) is 4.26.